The van der Waals surface area contributed by atoms with Crippen molar-refractivity contribution in [3.63, 3.8) is 0 Å². The van der Waals surface area contributed by atoms with Gasteiger partial charge in [0, 0.05) is 16.3 Å². The first-order valence-corrected chi connectivity index (χ1v) is 8.56. The molecule has 116 valence electrons. The number of Topliss-reactive ketones (excluding diaryl/α,β-unsaturated/α-hetero) is 1. The Hall–Kier alpha value is -2.19. The number of carbonyl (C=O) groups is 2. The van der Waals surface area contributed by atoms with Crippen LogP contribution in [0, 0.1) is 0 Å². The number of ketones is 1. The molecule has 0 saturated carbocycles. The van der Waals surface area contributed by atoms with Crippen LogP contribution in [0.25, 0.3) is 0 Å². The van der Waals surface area contributed by atoms with Crippen LogP contribution in [0.5, 0.6) is 0 Å². The second kappa shape index (κ2) is 6.29. The molecule has 0 amide bonds. The maximum Gasteiger partial charge on any atom is 0.340 e. The van der Waals surface area contributed by atoms with Crippen molar-refractivity contribution in [2.24, 2.45) is 0 Å². The molecule has 2 rings (SSSR count). The number of hydrogen-bond acceptors (Lipinski definition) is 6. The van der Waals surface area contributed by atoms with Crippen molar-refractivity contribution in [2.75, 3.05) is 11.8 Å². The van der Waals surface area contributed by atoms with Gasteiger partial charge in [0.15, 0.2) is 5.78 Å². The Balaban J connectivity index is 2.30. The quantitative estimate of drug-likeness (QED) is 0.668. The minimum Gasteiger partial charge on any atom is -0.465 e. The lowest BCUT2D eigenvalue weighted by Gasteiger charge is -2.08. The van der Waals surface area contributed by atoms with Gasteiger partial charge in [0.25, 0.3) is 10.0 Å². The van der Waals surface area contributed by atoms with E-state index in [1.807, 2.05) is 0 Å². The van der Waals surface area contributed by atoms with Crippen molar-refractivity contribution in [1.82, 2.24) is 0 Å². The van der Waals surface area contributed by atoms with Gasteiger partial charge in [-0.3, -0.25) is 9.52 Å². The van der Waals surface area contributed by atoms with E-state index in [9.17, 15) is 18.0 Å². The summed E-state index contributed by atoms with van der Waals surface area (Å²) >= 11 is 1.18. The number of esters is 1. The number of sulfonamides is 1. The fraction of sp³-hybridized carbons (Fsp3) is 0.143. The first-order chi connectivity index (χ1) is 10.3. The molecule has 0 aliphatic heterocycles. The molecule has 1 aromatic carbocycles. The van der Waals surface area contributed by atoms with E-state index < -0.39 is 16.0 Å². The fourth-order valence-corrected chi connectivity index (χ4v) is 3.61. The molecular weight excluding hydrogens is 326 g/mol. The molecule has 6 nitrogen and oxygen atoms in total. The lowest BCUT2D eigenvalue weighted by atomic mass is 10.2. The normalized spacial score (nSPS) is 11.0. The van der Waals surface area contributed by atoms with Crippen molar-refractivity contribution in [3.8, 4) is 0 Å². The Morgan fingerprint density at radius 3 is 2.32 bits per heavy atom. The summed E-state index contributed by atoms with van der Waals surface area (Å²) in [4.78, 5) is 22.7. The van der Waals surface area contributed by atoms with E-state index >= 15 is 0 Å². The van der Waals surface area contributed by atoms with Gasteiger partial charge in [-0.05, 0) is 19.1 Å². The Kier molecular flexibility index (Phi) is 4.62. The van der Waals surface area contributed by atoms with Crippen LogP contribution in [-0.4, -0.2) is 27.3 Å². The van der Waals surface area contributed by atoms with Crippen LogP contribution in [0.3, 0.4) is 0 Å². The van der Waals surface area contributed by atoms with Gasteiger partial charge in [0.2, 0.25) is 0 Å². The van der Waals surface area contributed by atoms with Gasteiger partial charge >= 0.3 is 5.97 Å². The van der Waals surface area contributed by atoms with Crippen LogP contribution in [-0.2, 0) is 14.8 Å². The van der Waals surface area contributed by atoms with E-state index in [2.05, 4.69) is 9.46 Å². The molecule has 1 aromatic heterocycles. The van der Waals surface area contributed by atoms with Crippen LogP contribution in [0.2, 0.25) is 0 Å². The molecule has 0 unspecified atom stereocenters. The molecule has 0 aliphatic carbocycles. The zero-order chi connectivity index (χ0) is 16.3. The summed E-state index contributed by atoms with van der Waals surface area (Å²) in [6.07, 6.45) is 0. The number of anilines is 1. The van der Waals surface area contributed by atoms with Crippen LogP contribution in [0.1, 0.15) is 27.6 Å². The molecule has 1 heterocycles. The number of carbonyl (C=O) groups excluding carboxylic acids is 2. The third-order valence-electron chi connectivity index (χ3n) is 2.88. The molecular formula is C14H13NO5S2. The number of hydrogen-bond donors (Lipinski definition) is 1. The smallest absolute Gasteiger partial charge is 0.340 e. The lowest BCUT2D eigenvalue weighted by Crippen LogP contribution is -2.15. The molecule has 0 fully saturated rings. The third kappa shape index (κ3) is 3.34. The van der Waals surface area contributed by atoms with Crippen molar-refractivity contribution in [1.29, 1.82) is 0 Å². The minimum absolute atomic E-state index is 0.000448. The molecule has 0 aliphatic rings. The second-order valence-electron chi connectivity index (χ2n) is 4.38. The largest absolute Gasteiger partial charge is 0.465 e. The summed E-state index contributed by atoms with van der Waals surface area (Å²) in [5, 5.41) is 3.01. The van der Waals surface area contributed by atoms with E-state index in [0.717, 1.165) is 0 Å². The molecule has 0 radical (unpaired) electrons. The van der Waals surface area contributed by atoms with Crippen molar-refractivity contribution in [3.05, 3.63) is 46.2 Å². The number of benzene rings is 1. The molecule has 1 N–H and O–H groups in total. The Morgan fingerprint density at radius 2 is 1.77 bits per heavy atom. The predicted molar refractivity (Wildman–Crippen MR) is 82.9 cm³/mol. The lowest BCUT2D eigenvalue weighted by molar-refractivity contribution is 0.0602. The third-order valence-corrected chi connectivity index (χ3v) is 5.01. The van der Waals surface area contributed by atoms with Crippen LogP contribution in [0.15, 0.2) is 39.9 Å². The van der Waals surface area contributed by atoms with Gasteiger partial charge in [0.1, 0.15) is 0 Å². The van der Waals surface area contributed by atoms with Crippen LogP contribution < -0.4 is 4.72 Å². The molecule has 0 atom stereocenters. The second-order valence-corrected chi connectivity index (χ2v) is 6.80. The van der Waals surface area contributed by atoms with E-state index in [1.54, 1.807) is 0 Å². The number of ether oxygens (including phenoxy) is 1. The van der Waals surface area contributed by atoms with Gasteiger partial charge in [-0.2, -0.15) is 0 Å². The Morgan fingerprint density at radius 1 is 1.14 bits per heavy atom. The summed E-state index contributed by atoms with van der Waals surface area (Å²) < 4.78 is 31.5. The molecule has 2 aromatic rings. The van der Waals surface area contributed by atoms with E-state index in [0.29, 0.717) is 5.56 Å². The SMILES string of the molecule is COC(=O)c1cscc1NS(=O)(=O)c1ccc(C(C)=O)cc1. The van der Waals surface area contributed by atoms with Crippen molar-refractivity contribution >= 4 is 38.8 Å². The van der Waals surface area contributed by atoms with E-state index in [-0.39, 0.29) is 21.9 Å². The Labute approximate surface area is 131 Å². The highest BCUT2D eigenvalue weighted by molar-refractivity contribution is 7.92. The molecule has 0 spiro atoms. The number of nitrogens with one attached hydrogen (secondary N) is 1. The maximum absolute atomic E-state index is 12.3. The highest BCUT2D eigenvalue weighted by Gasteiger charge is 2.20. The molecule has 0 bridgehead atoms. The number of thiophene rings is 1. The first kappa shape index (κ1) is 16.2. The monoisotopic (exact) mass is 339 g/mol. The average Bonchev–Trinajstić information content (AvgIpc) is 2.94. The van der Waals surface area contributed by atoms with Gasteiger partial charge < -0.3 is 4.74 Å². The highest BCUT2D eigenvalue weighted by atomic mass is 32.2. The number of methoxy groups -OCH3 is 1. The maximum atomic E-state index is 12.3. The van der Waals surface area contributed by atoms with E-state index in [4.69, 9.17) is 0 Å². The Bertz CT molecular complexity index is 806. The van der Waals surface area contributed by atoms with Crippen LogP contribution in [0.4, 0.5) is 5.69 Å². The summed E-state index contributed by atoms with van der Waals surface area (Å²) in [5.74, 6) is -0.770. The van der Waals surface area contributed by atoms with Crippen LogP contribution >= 0.6 is 11.3 Å². The standard InChI is InChI=1S/C14H13NO5S2/c1-9(16)10-3-5-11(6-4-10)22(18,19)15-13-8-21-7-12(13)14(17)20-2/h3-8,15H,1-2H3. The predicted octanol–water partition coefficient (Wildman–Crippen LogP) is 2.54. The van der Waals surface area contributed by atoms with Gasteiger partial charge in [0.05, 0.1) is 23.3 Å². The topological polar surface area (TPSA) is 89.5 Å². The molecule has 0 saturated heterocycles. The molecule has 8 heteroatoms. The summed E-state index contributed by atoms with van der Waals surface area (Å²) in [6, 6.07) is 5.55. The molecule has 22 heavy (non-hydrogen) atoms. The zero-order valence-electron chi connectivity index (χ0n) is 11.8. The van der Waals surface area contributed by atoms with Crippen molar-refractivity contribution in [2.45, 2.75) is 11.8 Å². The fourth-order valence-electron chi connectivity index (χ4n) is 1.72. The van der Waals surface area contributed by atoms with Gasteiger partial charge in [-0.1, -0.05) is 12.1 Å². The average molecular weight is 339 g/mol. The summed E-state index contributed by atoms with van der Waals surface area (Å²) in [6.45, 7) is 1.40. The van der Waals surface area contributed by atoms with Gasteiger partial charge in [-0.25, -0.2) is 13.2 Å². The van der Waals surface area contributed by atoms with E-state index in [1.165, 1.54) is 60.4 Å². The minimum atomic E-state index is -3.85. The van der Waals surface area contributed by atoms with Gasteiger partial charge in [-0.15, -0.1) is 11.3 Å². The highest BCUT2D eigenvalue weighted by Crippen LogP contribution is 2.25. The number of rotatable bonds is 5. The first-order valence-electron chi connectivity index (χ1n) is 6.13. The summed E-state index contributed by atoms with van der Waals surface area (Å²) in [5.41, 5.74) is 0.730. The zero-order valence-corrected chi connectivity index (χ0v) is 13.5. The van der Waals surface area contributed by atoms with Crippen molar-refractivity contribution < 1.29 is 22.7 Å². The summed E-state index contributed by atoms with van der Waals surface area (Å²) in [7, 11) is -2.63.